The highest BCUT2D eigenvalue weighted by Gasteiger charge is 2.29. The van der Waals surface area contributed by atoms with E-state index in [-0.39, 0.29) is 17.7 Å². The van der Waals surface area contributed by atoms with Crippen LogP contribution in [0.5, 0.6) is 0 Å². The van der Waals surface area contributed by atoms with Gasteiger partial charge in [0.2, 0.25) is 5.91 Å². The number of hydrogen-bond acceptors (Lipinski definition) is 4. The zero-order chi connectivity index (χ0) is 19.2. The highest BCUT2D eigenvalue weighted by Crippen LogP contribution is 2.33. The molecule has 3 rings (SSSR count). The molecule has 1 unspecified atom stereocenters. The van der Waals surface area contributed by atoms with Gasteiger partial charge < -0.3 is 10.2 Å². The smallest absolute Gasteiger partial charge is 0.255 e. The van der Waals surface area contributed by atoms with E-state index in [2.05, 4.69) is 11.4 Å². The topological polar surface area (TPSA) is 73.2 Å². The third-order valence-electron chi connectivity index (χ3n) is 4.67. The number of hydrogen-bond donors (Lipinski definition) is 1. The van der Waals surface area contributed by atoms with Crippen LogP contribution in [0.25, 0.3) is 0 Å². The second kappa shape index (κ2) is 8.74. The summed E-state index contributed by atoms with van der Waals surface area (Å²) < 4.78 is 0. The molecule has 1 atom stereocenters. The van der Waals surface area contributed by atoms with Crippen LogP contribution in [-0.4, -0.2) is 36.9 Å². The molecule has 5 nitrogen and oxygen atoms in total. The Bertz CT molecular complexity index is 891. The molecule has 138 valence electrons. The predicted molar refractivity (Wildman–Crippen MR) is 104 cm³/mol. The van der Waals surface area contributed by atoms with Gasteiger partial charge in [-0.25, -0.2) is 0 Å². The lowest BCUT2D eigenvalue weighted by molar-refractivity contribution is -0.125. The van der Waals surface area contributed by atoms with Crippen LogP contribution in [0.3, 0.4) is 0 Å². The molecule has 0 aromatic heterocycles. The van der Waals surface area contributed by atoms with Crippen LogP contribution < -0.4 is 5.32 Å². The van der Waals surface area contributed by atoms with Gasteiger partial charge in [0.05, 0.1) is 17.0 Å². The number of likely N-dealkylation sites (tertiary alicyclic amines) is 1. The van der Waals surface area contributed by atoms with Crippen molar-refractivity contribution in [3.8, 4) is 6.07 Å². The van der Waals surface area contributed by atoms with Crippen molar-refractivity contribution < 1.29 is 9.59 Å². The fourth-order valence-corrected chi connectivity index (χ4v) is 4.27. The van der Waals surface area contributed by atoms with Gasteiger partial charge in [-0.15, -0.1) is 0 Å². The maximum absolute atomic E-state index is 13.1. The van der Waals surface area contributed by atoms with Crippen LogP contribution >= 0.6 is 11.8 Å². The molecule has 0 radical (unpaired) electrons. The van der Waals surface area contributed by atoms with Gasteiger partial charge >= 0.3 is 0 Å². The van der Waals surface area contributed by atoms with Crippen molar-refractivity contribution >= 4 is 23.6 Å². The summed E-state index contributed by atoms with van der Waals surface area (Å²) in [6.07, 6.45) is 1.62. The molecule has 1 N–H and O–H groups in total. The van der Waals surface area contributed by atoms with E-state index in [1.54, 1.807) is 18.0 Å². The van der Waals surface area contributed by atoms with Crippen LogP contribution in [-0.2, 0) is 4.79 Å². The molecule has 1 aliphatic rings. The van der Waals surface area contributed by atoms with E-state index in [0.29, 0.717) is 24.2 Å². The molecule has 0 spiro atoms. The second-order valence-corrected chi connectivity index (χ2v) is 7.49. The monoisotopic (exact) mass is 379 g/mol. The molecule has 2 aromatic carbocycles. The minimum Gasteiger partial charge on any atom is -0.359 e. The lowest BCUT2D eigenvalue weighted by atomic mass is 9.96. The van der Waals surface area contributed by atoms with E-state index < -0.39 is 0 Å². The van der Waals surface area contributed by atoms with Crippen molar-refractivity contribution in [1.82, 2.24) is 10.2 Å². The number of benzene rings is 2. The zero-order valence-electron chi connectivity index (χ0n) is 15.1. The van der Waals surface area contributed by atoms with Crippen molar-refractivity contribution in [3.05, 3.63) is 59.7 Å². The lowest BCUT2D eigenvalue weighted by Gasteiger charge is -2.32. The van der Waals surface area contributed by atoms with Crippen LogP contribution in [0, 0.1) is 17.2 Å². The van der Waals surface area contributed by atoms with E-state index in [1.807, 2.05) is 42.5 Å². The first-order valence-corrected chi connectivity index (χ1v) is 9.72. The standard InChI is InChI=1S/C21H21N3O2S/c1-23-20(25)16-8-6-12-24(14-16)21(26)17-9-3-5-11-19(17)27-18-10-4-2-7-15(18)13-22/h2-5,7,9-11,16H,6,8,12,14H2,1H3,(H,23,25). The van der Waals surface area contributed by atoms with Crippen molar-refractivity contribution in [2.75, 3.05) is 20.1 Å². The highest BCUT2D eigenvalue weighted by molar-refractivity contribution is 7.99. The summed E-state index contributed by atoms with van der Waals surface area (Å²) in [6, 6.07) is 17.0. The van der Waals surface area contributed by atoms with Gasteiger partial charge in [0.15, 0.2) is 0 Å². The number of nitrogens with zero attached hydrogens (tertiary/aromatic N) is 2. The summed E-state index contributed by atoms with van der Waals surface area (Å²) in [5.74, 6) is -0.244. The summed E-state index contributed by atoms with van der Waals surface area (Å²) in [5, 5.41) is 12.0. The van der Waals surface area contributed by atoms with Gasteiger partial charge in [0, 0.05) is 29.9 Å². The normalized spacial score (nSPS) is 16.4. The SMILES string of the molecule is CNC(=O)C1CCCN(C(=O)c2ccccc2Sc2ccccc2C#N)C1. The molecule has 0 bridgehead atoms. The highest BCUT2D eigenvalue weighted by atomic mass is 32.2. The van der Waals surface area contributed by atoms with E-state index in [0.717, 1.165) is 22.6 Å². The molecular formula is C21H21N3O2S. The summed E-state index contributed by atoms with van der Waals surface area (Å²) in [4.78, 5) is 28.5. The largest absolute Gasteiger partial charge is 0.359 e. The maximum atomic E-state index is 13.1. The average Bonchev–Trinajstić information content (AvgIpc) is 2.73. The third-order valence-corrected chi connectivity index (χ3v) is 5.82. The number of carbonyl (C=O) groups excluding carboxylic acids is 2. The van der Waals surface area contributed by atoms with Crippen LogP contribution in [0.1, 0.15) is 28.8 Å². The first-order chi connectivity index (χ1) is 13.1. The van der Waals surface area contributed by atoms with Crippen molar-refractivity contribution in [1.29, 1.82) is 5.26 Å². The number of rotatable bonds is 4. The number of piperidine rings is 1. The molecule has 1 saturated heterocycles. The van der Waals surface area contributed by atoms with Crippen LogP contribution in [0.15, 0.2) is 58.3 Å². The van der Waals surface area contributed by atoms with Gasteiger partial charge in [-0.3, -0.25) is 9.59 Å². The summed E-state index contributed by atoms with van der Waals surface area (Å²) in [6.45, 7) is 1.09. The molecule has 27 heavy (non-hydrogen) atoms. The van der Waals surface area contributed by atoms with Crippen molar-refractivity contribution in [2.24, 2.45) is 5.92 Å². The minimum atomic E-state index is -0.160. The molecule has 0 saturated carbocycles. The Morgan fingerprint density at radius 3 is 2.59 bits per heavy atom. The Morgan fingerprint density at radius 2 is 1.85 bits per heavy atom. The van der Waals surface area contributed by atoms with E-state index in [1.165, 1.54) is 11.8 Å². The summed E-state index contributed by atoms with van der Waals surface area (Å²) in [7, 11) is 1.63. The third kappa shape index (κ3) is 4.32. The van der Waals surface area contributed by atoms with Crippen LogP contribution in [0.4, 0.5) is 0 Å². The van der Waals surface area contributed by atoms with Gasteiger partial charge in [-0.1, -0.05) is 36.0 Å². The van der Waals surface area contributed by atoms with E-state index >= 15 is 0 Å². The second-order valence-electron chi connectivity index (χ2n) is 6.41. The Kier molecular flexibility index (Phi) is 6.15. The fraction of sp³-hybridized carbons (Fsp3) is 0.286. The quantitative estimate of drug-likeness (QED) is 0.885. The molecular weight excluding hydrogens is 358 g/mol. The average molecular weight is 379 g/mol. The fourth-order valence-electron chi connectivity index (χ4n) is 3.25. The molecule has 6 heteroatoms. The number of nitrogens with one attached hydrogen (secondary N) is 1. The van der Waals surface area contributed by atoms with E-state index in [9.17, 15) is 14.9 Å². The number of carbonyl (C=O) groups is 2. The minimum absolute atomic E-state index is 0.0156. The maximum Gasteiger partial charge on any atom is 0.255 e. The van der Waals surface area contributed by atoms with Gasteiger partial charge in [0.25, 0.3) is 5.91 Å². The molecule has 0 aliphatic carbocycles. The Hall–Kier alpha value is -2.78. The van der Waals surface area contributed by atoms with Crippen molar-refractivity contribution in [3.63, 3.8) is 0 Å². The summed E-state index contributed by atoms with van der Waals surface area (Å²) in [5.41, 5.74) is 1.19. The van der Waals surface area contributed by atoms with Gasteiger partial charge in [-0.05, 0) is 37.1 Å². The molecule has 1 aliphatic heterocycles. The first-order valence-electron chi connectivity index (χ1n) is 8.91. The summed E-state index contributed by atoms with van der Waals surface area (Å²) >= 11 is 1.42. The Labute approximate surface area is 163 Å². The predicted octanol–water partition coefficient (Wildman–Crippen LogP) is 3.31. The zero-order valence-corrected chi connectivity index (χ0v) is 16.0. The molecule has 1 heterocycles. The van der Waals surface area contributed by atoms with Gasteiger partial charge in [0.1, 0.15) is 6.07 Å². The molecule has 2 aromatic rings. The van der Waals surface area contributed by atoms with Crippen molar-refractivity contribution in [2.45, 2.75) is 22.6 Å². The molecule has 1 fully saturated rings. The lowest BCUT2D eigenvalue weighted by Crippen LogP contribution is -2.44. The Morgan fingerprint density at radius 1 is 1.15 bits per heavy atom. The van der Waals surface area contributed by atoms with Gasteiger partial charge in [-0.2, -0.15) is 5.26 Å². The first kappa shape index (κ1) is 19.0. The number of amides is 2. The number of nitriles is 1. The Balaban J connectivity index is 1.84. The van der Waals surface area contributed by atoms with Crippen LogP contribution in [0.2, 0.25) is 0 Å². The van der Waals surface area contributed by atoms with E-state index in [4.69, 9.17) is 0 Å². The molecule has 2 amide bonds.